The molecule has 5 atom stereocenters. The number of methoxy groups -OCH3 is 1. The first-order valence-electron chi connectivity index (χ1n) is 20.9. The van der Waals surface area contributed by atoms with Crippen molar-refractivity contribution in [2.45, 2.75) is 102 Å². The minimum atomic E-state index is -4.62. The summed E-state index contributed by atoms with van der Waals surface area (Å²) in [6, 6.07) is 7.74. The van der Waals surface area contributed by atoms with Crippen LogP contribution in [0.4, 0.5) is 18.9 Å². The number of ether oxygens (including phenoxy) is 2. The summed E-state index contributed by atoms with van der Waals surface area (Å²) in [6.45, 7) is 5.87. The van der Waals surface area contributed by atoms with E-state index in [0.717, 1.165) is 27.7 Å². The number of benzene rings is 2. The molecule has 1 saturated carbocycles. The standard InChI is InChI=1S/C44H52F3N7O7S2/c1-25(2)34-24-62-40(50-34)33-21-37(31-17-18-36(60-6)26(3)38(31)49-33)61-30-20-35-39(55)51-43(42(57)52-63(58,59)53(4)5)22-28(43)13-10-8-7-9-11-16-32(41(56)54(35)23-30)48-29-15-12-14-27(19-29)44(45,46)47/h10,12-15,17-19,21,24-25,28,30,32,35,48H,7-9,11,16,20,22-23H2,1-6H3,(H,51,55)(H,52,57)/b13-10-/t28-,30+,32-,35-,43+/m0/s1. The molecule has 14 nitrogen and oxygen atoms in total. The number of pyridine rings is 1. The van der Waals surface area contributed by atoms with Gasteiger partial charge in [-0.25, -0.2) is 14.7 Å². The van der Waals surface area contributed by atoms with Crippen LogP contribution in [0.25, 0.3) is 21.6 Å². The summed E-state index contributed by atoms with van der Waals surface area (Å²) < 4.78 is 82.4. The molecule has 3 aliphatic rings. The third-order valence-corrected chi connectivity index (χ3v) is 14.2. The molecule has 338 valence electrons. The highest BCUT2D eigenvalue weighted by Crippen LogP contribution is 2.46. The van der Waals surface area contributed by atoms with Crippen LogP contribution in [0, 0.1) is 12.8 Å². The second-order valence-corrected chi connectivity index (χ2v) is 19.6. The van der Waals surface area contributed by atoms with Gasteiger partial charge in [0, 0.05) is 54.5 Å². The Labute approximate surface area is 368 Å². The Balaban J connectivity index is 1.27. The van der Waals surface area contributed by atoms with Crippen LogP contribution in [-0.4, -0.2) is 96.8 Å². The minimum Gasteiger partial charge on any atom is -0.496 e. The number of hydrogen-bond acceptors (Lipinski definition) is 11. The Morgan fingerprint density at radius 2 is 1.86 bits per heavy atom. The number of aromatic nitrogens is 2. The minimum absolute atomic E-state index is 0.0366. The third kappa shape index (κ3) is 9.79. The fourth-order valence-electron chi connectivity index (χ4n) is 8.11. The lowest BCUT2D eigenvalue weighted by Crippen LogP contribution is -2.58. The van der Waals surface area contributed by atoms with E-state index in [1.165, 1.54) is 42.5 Å². The van der Waals surface area contributed by atoms with E-state index in [-0.39, 0.29) is 37.4 Å². The average Bonchev–Trinajstić information content (AvgIpc) is 3.51. The van der Waals surface area contributed by atoms with Gasteiger partial charge in [0.1, 0.15) is 45.9 Å². The second-order valence-electron chi connectivity index (χ2n) is 16.8. The SMILES string of the molecule is COc1ccc2c(O[C@@H]3C[C@H]4C(=O)N[C@]5(C(=O)NS(=O)(=O)N(C)C)C[C@@H]5/C=C\CCCCC[C@H](Nc5cccc(C(F)(F)F)c5)C(=O)N4C3)cc(-c3nc(C(C)C)cs3)nc2c1C. The van der Waals surface area contributed by atoms with Crippen LogP contribution < -0.4 is 24.8 Å². The van der Waals surface area contributed by atoms with E-state index in [1.54, 1.807) is 25.3 Å². The van der Waals surface area contributed by atoms with Gasteiger partial charge in [0.15, 0.2) is 0 Å². The van der Waals surface area contributed by atoms with Gasteiger partial charge in [-0.05, 0) is 68.9 Å². The number of halogens is 3. The Kier molecular flexibility index (Phi) is 13.1. The van der Waals surface area contributed by atoms with E-state index < -0.39 is 69.3 Å². The van der Waals surface area contributed by atoms with Crippen molar-refractivity contribution in [2.75, 3.05) is 33.1 Å². The van der Waals surface area contributed by atoms with Crippen molar-refractivity contribution >= 4 is 55.9 Å². The van der Waals surface area contributed by atoms with Gasteiger partial charge in [-0.2, -0.15) is 25.9 Å². The van der Waals surface area contributed by atoms with Gasteiger partial charge in [0.05, 0.1) is 30.4 Å². The summed E-state index contributed by atoms with van der Waals surface area (Å²) in [4.78, 5) is 54.6. The normalized spacial score (nSPS) is 24.0. The second kappa shape index (κ2) is 18.1. The number of thiazole rings is 1. The number of carbonyl (C=O) groups excluding carboxylic acids is 3. The maximum absolute atomic E-state index is 14.9. The Hall–Kier alpha value is -5.27. The van der Waals surface area contributed by atoms with Crippen LogP contribution in [0.1, 0.15) is 81.5 Å². The molecule has 2 aromatic heterocycles. The first-order valence-corrected chi connectivity index (χ1v) is 23.2. The number of carbonyl (C=O) groups is 3. The fourth-order valence-corrected chi connectivity index (χ4v) is 9.65. The number of rotatable bonds is 10. The van der Waals surface area contributed by atoms with Gasteiger partial charge in [-0.15, -0.1) is 11.3 Å². The predicted molar refractivity (Wildman–Crippen MR) is 234 cm³/mol. The zero-order valence-corrected chi connectivity index (χ0v) is 37.5. The topological polar surface area (TPSA) is 172 Å². The molecule has 4 heterocycles. The molecule has 0 bridgehead atoms. The average molecular weight is 912 g/mol. The first kappa shape index (κ1) is 45.7. The van der Waals surface area contributed by atoms with Crippen molar-refractivity contribution in [3.8, 4) is 22.2 Å². The van der Waals surface area contributed by atoms with E-state index in [1.807, 2.05) is 38.3 Å². The number of allylic oxidation sites excluding steroid dienone is 1. The van der Waals surface area contributed by atoms with Crippen molar-refractivity contribution in [3.63, 3.8) is 0 Å². The molecule has 4 aromatic rings. The molecule has 2 aromatic carbocycles. The van der Waals surface area contributed by atoms with E-state index >= 15 is 0 Å². The van der Waals surface area contributed by atoms with Crippen molar-refractivity contribution < 1.29 is 45.4 Å². The molecule has 3 N–H and O–H groups in total. The Bertz CT molecular complexity index is 2530. The Morgan fingerprint density at radius 3 is 2.56 bits per heavy atom. The number of anilines is 1. The van der Waals surface area contributed by atoms with E-state index in [4.69, 9.17) is 19.4 Å². The highest BCUT2D eigenvalue weighted by Gasteiger charge is 2.61. The molecule has 63 heavy (non-hydrogen) atoms. The van der Waals surface area contributed by atoms with Crippen LogP contribution in [0.2, 0.25) is 0 Å². The maximum atomic E-state index is 14.9. The molecule has 2 aliphatic heterocycles. The molecule has 0 spiro atoms. The lowest BCUT2D eigenvalue weighted by Gasteiger charge is -2.30. The maximum Gasteiger partial charge on any atom is 0.416 e. The van der Waals surface area contributed by atoms with Gasteiger partial charge in [0.25, 0.3) is 5.91 Å². The smallest absolute Gasteiger partial charge is 0.416 e. The molecular formula is C44H52F3N7O7S2. The summed E-state index contributed by atoms with van der Waals surface area (Å²) in [7, 11) is -0.130. The van der Waals surface area contributed by atoms with E-state index in [9.17, 15) is 36.0 Å². The molecular weight excluding hydrogens is 860 g/mol. The zero-order valence-electron chi connectivity index (χ0n) is 35.9. The number of nitrogens with zero attached hydrogens (tertiary/aromatic N) is 4. The van der Waals surface area contributed by atoms with Crippen LogP contribution in [0.5, 0.6) is 11.5 Å². The monoisotopic (exact) mass is 911 g/mol. The van der Waals surface area contributed by atoms with Crippen molar-refractivity contribution in [1.82, 2.24) is 29.2 Å². The van der Waals surface area contributed by atoms with Gasteiger partial charge in [-0.1, -0.05) is 44.9 Å². The highest BCUT2D eigenvalue weighted by atomic mass is 32.2. The van der Waals surface area contributed by atoms with Crippen molar-refractivity contribution in [1.29, 1.82) is 0 Å². The quantitative estimate of drug-likeness (QED) is 0.141. The van der Waals surface area contributed by atoms with Gasteiger partial charge in [0.2, 0.25) is 11.8 Å². The highest BCUT2D eigenvalue weighted by molar-refractivity contribution is 7.87. The van der Waals surface area contributed by atoms with Crippen molar-refractivity contribution in [3.05, 3.63) is 76.8 Å². The number of nitrogens with one attached hydrogen (secondary N) is 3. The van der Waals surface area contributed by atoms with Crippen LogP contribution >= 0.6 is 11.3 Å². The van der Waals surface area contributed by atoms with Crippen LogP contribution in [0.3, 0.4) is 0 Å². The number of alkyl halides is 3. The summed E-state index contributed by atoms with van der Waals surface area (Å²) in [5.74, 6) is -1.49. The van der Waals surface area contributed by atoms with Crippen molar-refractivity contribution in [2.24, 2.45) is 5.92 Å². The number of aryl methyl sites for hydroxylation is 1. The Morgan fingerprint density at radius 1 is 1.08 bits per heavy atom. The molecule has 0 unspecified atom stereocenters. The number of hydrogen-bond donors (Lipinski definition) is 3. The van der Waals surface area contributed by atoms with E-state index in [0.29, 0.717) is 58.8 Å². The largest absolute Gasteiger partial charge is 0.496 e. The molecule has 0 radical (unpaired) electrons. The zero-order chi connectivity index (χ0) is 45.4. The summed E-state index contributed by atoms with van der Waals surface area (Å²) in [6.07, 6.45) is 1.16. The summed E-state index contributed by atoms with van der Waals surface area (Å²) in [5, 5.41) is 9.17. The predicted octanol–water partition coefficient (Wildman–Crippen LogP) is 6.96. The molecule has 3 amide bonds. The molecule has 19 heteroatoms. The van der Waals surface area contributed by atoms with Gasteiger partial charge >= 0.3 is 16.4 Å². The summed E-state index contributed by atoms with van der Waals surface area (Å²) >= 11 is 1.44. The van der Waals surface area contributed by atoms with Gasteiger partial charge < -0.3 is 25.0 Å². The van der Waals surface area contributed by atoms with Gasteiger partial charge in [-0.3, -0.25) is 14.4 Å². The molecule has 7 rings (SSSR count). The lowest BCUT2D eigenvalue weighted by atomic mass is 10.0. The third-order valence-electron chi connectivity index (χ3n) is 11.9. The lowest BCUT2D eigenvalue weighted by molar-refractivity contribution is -0.140. The van der Waals surface area contributed by atoms with E-state index in [2.05, 4.69) is 15.4 Å². The first-order chi connectivity index (χ1) is 29.8. The van der Waals surface area contributed by atoms with Crippen LogP contribution in [-0.2, 0) is 30.8 Å². The molecule has 2 fully saturated rings. The fraction of sp³-hybridized carbons (Fsp3) is 0.477. The summed E-state index contributed by atoms with van der Waals surface area (Å²) in [5.41, 5.74) is 0.376. The molecule has 1 saturated heterocycles. The van der Waals surface area contributed by atoms with Crippen LogP contribution in [0.15, 0.2) is 60.0 Å². The number of fused-ring (bicyclic) bond motifs is 3. The number of amides is 3. The molecule has 1 aliphatic carbocycles.